The Morgan fingerprint density at radius 1 is 1.08 bits per heavy atom. The highest BCUT2D eigenvalue weighted by molar-refractivity contribution is 5.94. The third-order valence-electron chi connectivity index (χ3n) is 4.38. The van der Waals surface area contributed by atoms with Gasteiger partial charge in [-0.1, -0.05) is 24.3 Å². The average Bonchev–Trinajstić information content (AvgIpc) is 2.67. The number of ether oxygens (including phenoxy) is 1. The Hall–Kier alpha value is -2.89. The number of amides is 2. The third kappa shape index (κ3) is 4.81. The summed E-state index contributed by atoms with van der Waals surface area (Å²) in [4.78, 5) is 26.1. The third-order valence-corrected chi connectivity index (χ3v) is 4.38. The van der Waals surface area contributed by atoms with Gasteiger partial charge in [0.05, 0.1) is 0 Å². The first-order valence-electron chi connectivity index (χ1n) is 8.64. The van der Waals surface area contributed by atoms with Crippen molar-refractivity contribution in [3.63, 3.8) is 0 Å². The van der Waals surface area contributed by atoms with E-state index in [0.29, 0.717) is 37.2 Å². The number of halogens is 1. The zero-order valence-corrected chi connectivity index (χ0v) is 14.4. The molecule has 2 amide bonds. The minimum Gasteiger partial charge on any atom is -0.484 e. The molecule has 0 saturated carbocycles. The van der Waals surface area contributed by atoms with Gasteiger partial charge in [0.15, 0.2) is 6.61 Å². The largest absolute Gasteiger partial charge is 0.484 e. The summed E-state index contributed by atoms with van der Waals surface area (Å²) in [7, 11) is 0. The SMILES string of the molecule is O=C(NC1CCN(C(=O)COc2ccccc2)CC1)c1cccc(F)c1. The lowest BCUT2D eigenvalue weighted by Crippen LogP contribution is -2.47. The first-order chi connectivity index (χ1) is 12.6. The van der Waals surface area contributed by atoms with Gasteiger partial charge in [-0.3, -0.25) is 9.59 Å². The minimum atomic E-state index is -0.434. The lowest BCUT2D eigenvalue weighted by molar-refractivity contribution is -0.134. The van der Waals surface area contributed by atoms with E-state index in [1.54, 1.807) is 11.0 Å². The van der Waals surface area contributed by atoms with Gasteiger partial charge in [0.2, 0.25) is 0 Å². The maximum absolute atomic E-state index is 13.2. The number of nitrogens with zero attached hydrogens (tertiary/aromatic N) is 1. The smallest absolute Gasteiger partial charge is 0.260 e. The highest BCUT2D eigenvalue weighted by Gasteiger charge is 2.24. The molecular formula is C20H21FN2O3. The first kappa shape index (κ1) is 17.9. The molecule has 1 aliphatic rings. The molecule has 1 saturated heterocycles. The zero-order valence-electron chi connectivity index (χ0n) is 14.4. The number of likely N-dealkylation sites (tertiary alicyclic amines) is 1. The van der Waals surface area contributed by atoms with Crippen LogP contribution in [0.2, 0.25) is 0 Å². The van der Waals surface area contributed by atoms with E-state index in [-0.39, 0.29) is 24.5 Å². The fourth-order valence-electron chi connectivity index (χ4n) is 2.92. The summed E-state index contributed by atoms with van der Waals surface area (Å²) in [5, 5.41) is 2.90. The Labute approximate surface area is 151 Å². The zero-order chi connectivity index (χ0) is 18.4. The summed E-state index contributed by atoms with van der Waals surface area (Å²) < 4.78 is 18.7. The van der Waals surface area contributed by atoms with Crippen LogP contribution in [-0.2, 0) is 4.79 Å². The Morgan fingerprint density at radius 3 is 2.50 bits per heavy atom. The quantitative estimate of drug-likeness (QED) is 0.896. The van der Waals surface area contributed by atoms with Crippen molar-refractivity contribution in [3.05, 3.63) is 66.0 Å². The summed E-state index contributed by atoms with van der Waals surface area (Å²) >= 11 is 0. The predicted molar refractivity (Wildman–Crippen MR) is 95.4 cm³/mol. The number of hydrogen-bond acceptors (Lipinski definition) is 3. The molecule has 2 aromatic carbocycles. The second kappa shape index (κ2) is 8.47. The van der Waals surface area contributed by atoms with Crippen molar-refractivity contribution < 1.29 is 18.7 Å². The molecule has 26 heavy (non-hydrogen) atoms. The van der Waals surface area contributed by atoms with E-state index < -0.39 is 5.82 Å². The van der Waals surface area contributed by atoms with Crippen LogP contribution in [0, 0.1) is 5.82 Å². The topological polar surface area (TPSA) is 58.6 Å². The highest BCUT2D eigenvalue weighted by atomic mass is 19.1. The fourth-order valence-corrected chi connectivity index (χ4v) is 2.92. The molecule has 0 bridgehead atoms. The van der Waals surface area contributed by atoms with Gasteiger partial charge in [-0.15, -0.1) is 0 Å². The van der Waals surface area contributed by atoms with Crippen LogP contribution in [0.3, 0.4) is 0 Å². The maximum Gasteiger partial charge on any atom is 0.260 e. The van der Waals surface area contributed by atoms with Crippen LogP contribution >= 0.6 is 0 Å². The van der Waals surface area contributed by atoms with E-state index in [1.165, 1.54) is 18.2 Å². The summed E-state index contributed by atoms with van der Waals surface area (Å²) in [5.74, 6) is -0.125. The minimum absolute atomic E-state index is 0.00430. The molecule has 0 unspecified atom stereocenters. The molecule has 2 aromatic rings. The lowest BCUT2D eigenvalue weighted by atomic mass is 10.0. The highest BCUT2D eigenvalue weighted by Crippen LogP contribution is 2.13. The summed E-state index contributed by atoms with van der Waals surface area (Å²) in [6.45, 7) is 1.13. The van der Waals surface area contributed by atoms with Crippen molar-refractivity contribution >= 4 is 11.8 Å². The van der Waals surface area contributed by atoms with Crippen LogP contribution in [0.4, 0.5) is 4.39 Å². The fraction of sp³-hybridized carbons (Fsp3) is 0.300. The number of piperidine rings is 1. The second-order valence-electron chi connectivity index (χ2n) is 6.24. The number of rotatable bonds is 5. The molecule has 6 heteroatoms. The molecule has 1 fully saturated rings. The van der Waals surface area contributed by atoms with Crippen molar-refractivity contribution in [2.75, 3.05) is 19.7 Å². The molecule has 136 valence electrons. The molecule has 1 N–H and O–H groups in total. The van der Waals surface area contributed by atoms with Gasteiger partial charge in [0.25, 0.3) is 11.8 Å². The van der Waals surface area contributed by atoms with Crippen LogP contribution in [0.25, 0.3) is 0 Å². The van der Waals surface area contributed by atoms with Gasteiger partial charge < -0.3 is 15.0 Å². The van der Waals surface area contributed by atoms with Crippen LogP contribution in [-0.4, -0.2) is 42.5 Å². The van der Waals surface area contributed by atoms with E-state index in [9.17, 15) is 14.0 Å². The molecule has 3 rings (SSSR count). The predicted octanol–water partition coefficient (Wildman–Crippen LogP) is 2.63. The maximum atomic E-state index is 13.2. The Kier molecular flexibility index (Phi) is 5.84. The Balaban J connectivity index is 1.43. The molecule has 0 spiro atoms. The average molecular weight is 356 g/mol. The van der Waals surface area contributed by atoms with E-state index in [0.717, 1.165) is 0 Å². The molecule has 1 aliphatic heterocycles. The van der Waals surface area contributed by atoms with E-state index >= 15 is 0 Å². The first-order valence-corrected chi connectivity index (χ1v) is 8.64. The standard InChI is InChI=1S/C20H21FN2O3/c21-16-6-4-5-15(13-16)20(25)22-17-9-11-23(12-10-17)19(24)14-26-18-7-2-1-3-8-18/h1-8,13,17H,9-12,14H2,(H,22,25). The van der Waals surface area contributed by atoms with Gasteiger partial charge in [-0.2, -0.15) is 0 Å². The van der Waals surface area contributed by atoms with Gasteiger partial charge in [-0.05, 0) is 43.2 Å². The van der Waals surface area contributed by atoms with Crippen molar-refractivity contribution in [3.8, 4) is 5.75 Å². The molecular weight excluding hydrogens is 335 g/mol. The normalized spacial score (nSPS) is 14.7. The Bertz CT molecular complexity index is 759. The summed E-state index contributed by atoms with van der Waals surface area (Å²) in [6.07, 6.45) is 1.33. The molecule has 1 heterocycles. The number of benzene rings is 2. The monoisotopic (exact) mass is 356 g/mol. The summed E-state index contributed by atoms with van der Waals surface area (Å²) in [5.41, 5.74) is 0.305. The number of carbonyl (C=O) groups is 2. The van der Waals surface area contributed by atoms with Gasteiger partial charge in [0.1, 0.15) is 11.6 Å². The molecule has 0 atom stereocenters. The molecule has 0 aromatic heterocycles. The van der Waals surface area contributed by atoms with Crippen molar-refractivity contribution in [1.82, 2.24) is 10.2 Å². The number of carbonyl (C=O) groups excluding carboxylic acids is 2. The van der Waals surface area contributed by atoms with E-state index in [1.807, 2.05) is 30.3 Å². The van der Waals surface area contributed by atoms with Crippen molar-refractivity contribution in [2.45, 2.75) is 18.9 Å². The van der Waals surface area contributed by atoms with Crippen molar-refractivity contribution in [1.29, 1.82) is 0 Å². The molecule has 0 radical (unpaired) electrons. The van der Waals surface area contributed by atoms with Crippen LogP contribution < -0.4 is 10.1 Å². The van der Waals surface area contributed by atoms with E-state index in [2.05, 4.69) is 5.32 Å². The van der Waals surface area contributed by atoms with Crippen LogP contribution in [0.15, 0.2) is 54.6 Å². The van der Waals surface area contributed by atoms with Gasteiger partial charge >= 0.3 is 0 Å². The van der Waals surface area contributed by atoms with Crippen LogP contribution in [0.1, 0.15) is 23.2 Å². The van der Waals surface area contributed by atoms with Crippen molar-refractivity contribution in [2.24, 2.45) is 0 Å². The second-order valence-corrected chi connectivity index (χ2v) is 6.24. The molecule has 5 nitrogen and oxygen atoms in total. The Morgan fingerprint density at radius 2 is 1.81 bits per heavy atom. The van der Waals surface area contributed by atoms with Gasteiger partial charge in [-0.25, -0.2) is 4.39 Å². The van der Waals surface area contributed by atoms with Gasteiger partial charge in [0, 0.05) is 24.7 Å². The molecule has 0 aliphatic carbocycles. The lowest BCUT2D eigenvalue weighted by Gasteiger charge is -2.32. The van der Waals surface area contributed by atoms with Crippen LogP contribution in [0.5, 0.6) is 5.75 Å². The number of nitrogens with one attached hydrogen (secondary N) is 1. The van der Waals surface area contributed by atoms with E-state index in [4.69, 9.17) is 4.74 Å². The number of para-hydroxylation sites is 1. The summed E-state index contributed by atoms with van der Waals surface area (Å²) in [6, 6.07) is 14.8. The number of hydrogen-bond donors (Lipinski definition) is 1.